The Morgan fingerprint density at radius 1 is 1.29 bits per heavy atom. The van der Waals surface area contributed by atoms with Crippen LogP contribution >= 0.6 is 0 Å². The molecule has 0 fully saturated rings. The smallest absolute Gasteiger partial charge is 0.317 e. The average Bonchev–Trinajstić information content (AvgIpc) is 2.72. The van der Waals surface area contributed by atoms with Gasteiger partial charge in [-0.3, -0.25) is 19.3 Å². The fourth-order valence-electron chi connectivity index (χ4n) is 2.48. The Kier molecular flexibility index (Phi) is 4.70. The van der Waals surface area contributed by atoms with Crippen molar-refractivity contribution < 1.29 is 19.5 Å². The van der Waals surface area contributed by atoms with E-state index in [0.29, 0.717) is 25.2 Å². The molecule has 0 saturated carbocycles. The van der Waals surface area contributed by atoms with Crippen LogP contribution < -0.4 is 0 Å². The molecule has 0 radical (unpaired) electrons. The Morgan fingerprint density at radius 3 is 2.62 bits per heavy atom. The fraction of sp³-hybridized carbons (Fsp3) is 0.400. The molecular weight excluding hydrogens is 272 g/mol. The number of nitrogens with zero attached hydrogens (tertiary/aromatic N) is 2. The predicted molar refractivity (Wildman–Crippen MR) is 75.9 cm³/mol. The Hall–Kier alpha value is -2.21. The SMILES string of the molecule is CC(=O)CN(CCN1Cc2ccccc2C1=O)CC(=O)O. The molecule has 1 aliphatic rings. The van der Waals surface area contributed by atoms with Crippen LogP contribution in [-0.4, -0.2) is 58.7 Å². The summed E-state index contributed by atoms with van der Waals surface area (Å²) in [5.74, 6) is -1.11. The molecule has 0 aromatic heterocycles. The first-order chi connectivity index (χ1) is 9.97. The molecule has 6 heteroatoms. The van der Waals surface area contributed by atoms with Crippen molar-refractivity contribution in [2.45, 2.75) is 13.5 Å². The highest BCUT2D eigenvalue weighted by molar-refractivity contribution is 5.98. The summed E-state index contributed by atoms with van der Waals surface area (Å²) in [5, 5.41) is 8.85. The number of carbonyl (C=O) groups is 3. The zero-order chi connectivity index (χ0) is 15.4. The third kappa shape index (κ3) is 3.88. The number of amides is 1. The number of carbonyl (C=O) groups excluding carboxylic acids is 2. The number of hydrogen-bond acceptors (Lipinski definition) is 4. The van der Waals surface area contributed by atoms with Gasteiger partial charge in [-0.15, -0.1) is 0 Å². The van der Waals surface area contributed by atoms with E-state index in [-0.39, 0.29) is 24.8 Å². The van der Waals surface area contributed by atoms with Gasteiger partial charge in [-0.1, -0.05) is 18.2 Å². The summed E-state index contributed by atoms with van der Waals surface area (Å²) in [6.45, 7) is 2.62. The third-order valence-corrected chi connectivity index (χ3v) is 3.39. The normalized spacial score (nSPS) is 13.6. The van der Waals surface area contributed by atoms with Crippen molar-refractivity contribution in [2.24, 2.45) is 0 Å². The van der Waals surface area contributed by atoms with E-state index in [9.17, 15) is 14.4 Å². The van der Waals surface area contributed by atoms with E-state index in [1.807, 2.05) is 18.2 Å². The molecule has 2 rings (SSSR count). The number of hydrogen-bond donors (Lipinski definition) is 1. The number of ketones is 1. The van der Waals surface area contributed by atoms with Crippen LogP contribution in [0, 0.1) is 0 Å². The van der Waals surface area contributed by atoms with Gasteiger partial charge < -0.3 is 10.0 Å². The lowest BCUT2D eigenvalue weighted by Crippen LogP contribution is -2.40. The summed E-state index contributed by atoms with van der Waals surface area (Å²) in [4.78, 5) is 37.4. The predicted octanol–water partition coefficient (Wildman–Crippen LogP) is 0.618. The maximum atomic E-state index is 12.2. The van der Waals surface area contributed by atoms with Crippen molar-refractivity contribution >= 4 is 17.7 Å². The molecule has 0 saturated heterocycles. The molecule has 0 spiro atoms. The van der Waals surface area contributed by atoms with Crippen molar-refractivity contribution in [3.8, 4) is 0 Å². The Bertz CT molecular complexity index is 555. The third-order valence-electron chi connectivity index (χ3n) is 3.39. The number of benzene rings is 1. The van der Waals surface area contributed by atoms with Gasteiger partial charge in [0.05, 0.1) is 13.1 Å². The number of fused-ring (bicyclic) bond motifs is 1. The zero-order valence-corrected chi connectivity index (χ0v) is 11.9. The van der Waals surface area contributed by atoms with E-state index in [2.05, 4.69) is 0 Å². The van der Waals surface area contributed by atoms with Crippen molar-refractivity contribution in [3.05, 3.63) is 35.4 Å². The van der Waals surface area contributed by atoms with Gasteiger partial charge >= 0.3 is 5.97 Å². The van der Waals surface area contributed by atoms with Crippen LogP contribution in [0.15, 0.2) is 24.3 Å². The van der Waals surface area contributed by atoms with Gasteiger partial charge in [-0.2, -0.15) is 0 Å². The number of carboxylic acid groups (broad SMARTS) is 1. The van der Waals surface area contributed by atoms with Crippen molar-refractivity contribution in [2.75, 3.05) is 26.2 Å². The van der Waals surface area contributed by atoms with Gasteiger partial charge in [-0.25, -0.2) is 0 Å². The molecule has 0 atom stereocenters. The quantitative estimate of drug-likeness (QED) is 0.796. The van der Waals surface area contributed by atoms with E-state index in [4.69, 9.17) is 5.11 Å². The number of aliphatic carboxylic acids is 1. The molecule has 1 aromatic rings. The zero-order valence-electron chi connectivity index (χ0n) is 11.9. The Balaban J connectivity index is 1.94. The summed E-state index contributed by atoms with van der Waals surface area (Å²) in [6.07, 6.45) is 0. The van der Waals surface area contributed by atoms with E-state index in [1.165, 1.54) is 6.92 Å². The molecule has 1 amide bonds. The topological polar surface area (TPSA) is 77.9 Å². The number of rotatable bonds is 7. The lowest BCUT2D eigenvalue weighted by atomic mass is 10.1. The molecule has 0 aliphatic carbocycles. The van der Waals surface area contributed by atoms with Crippen LogP contribution in [0.25, 0.3) is 0 Å². The number of Topliss-reactive ketones (excluding diaryl/α,β-unsaturated/α-hetero) is 1. The van der Waals surface area contributed by atoms with Crippen LogP contribution in [0.3, 0.4) is 0 Å². The molecule has 1 aliphatic heterocycles. The lowest BCUT2D eigenvalue weighted by molar-refractivity contribution is -0.138. The summed E-state index contributed by atoms with van der Waals surface area (Å²) in [5.41, 5.74) is 1.69. The fourth-order valence-corrected chi connectivity index (χ4v) is 2.48. The molecule has 1 aromatic carbocycles. The Morgan fingerprint density at radius 2 is 2.00 bits per heavy atom. The van der Waals surface area contributed by atoms with Gasteiger partial charge in [0.2, 0.25) is 0 Å². The number of carboxylic acids is 1. The largest absolute Gasteiger partial charge is 0.480 e. The summed E-state index contributed by atoms with van der Waals surface area (Å²) in [7, 11) is 0. The van der Waals surface area contributed by atoms with Gasteiger partial charge in [0.15, 0.2) is 0 Å². The van der Waals surface area contributed by atoms with Crippen LogP contribution in [-0.2, 0) is 16.1 Å². The second kappa shape index (κ2) is 6.49. The second-order valence-electron chi connectivity index (χ2n) is 5.19. The summed E-state index contributed by atoms with van der Waals surface area (Å²) in [6, 6.07) is 7.43. The Labute approximate surface area is 123 Å². The first-order valence-corrected chi connectivity index (χ1v) is 6.78. The first-order valence-electron chi connectivity index (χ1n) is 6.78. The van der Waals surface area contributed by atoms with Gasteiger partial charge in [0.1, 0.15) is 5.78 Å². The van der Waals surface area contributed by atoms with Crippen molar-refractivity contribution in [1.29, 1.82) is 0 Å². The van der Waals surface area contributed by atoms with Gasteiger partial charge in [0.25, 0.3) is 5.91 Å². The summed E-state index contributed by atoms with van der Waals surface area (Å²) >= 11 is 0. The van der Waals surface area contributed by atoms with E-state index in [0.717, 1.165) is 5.56 Å². The minimum absolute atomic E-state index is 0.0382. The van der Waals surface area contributed by atoms with E-state index >= 15 is 0 Å². The van der Waals surface area contributed by atoms with Crippen molar-refractivity contribution in [3.63, 3.8) is 0 Å². The molecule has 0 bridgehead atoms. The van der Waals surface area contributed by atoms with Crippen LogP contribution in [0.2, 0.25) is 0 Å². The molecule has 21 heavy (non-hydrogen) atoms. The minimum atomic E-state index is -0.979. The van der Waals surface area contributed by atoms with Crippen LogP contribution in [0.5, 0.6) is 0 Å². The molecule has 1 N–H and O–H groups in total. The highest BCUT2D eigenvalue weighted by Crippen LogP contribution is 2.21. The lowest BCUT2D eigenvalue weighted by Gasteiger charge is -2.22. The molecular formula is C15H18N2O4. The monoisotopic (exact) mass is 290 g/mol. The first kappa shape index (κ1) is 15.2. The van der Waals surface area contributed by atoms with Crippen LogP contribution in [0.4, 0.5) is 0 Å². The summed E-state index contributed by atoms with van der Waals surface area (Å²) < 4.78 is 0. The molecule has 6 nitrogen and oxygen atoms in total. The molecule has 112 valence electrons. The average molecular weight is 290 g/mol. The highest BCUT2D eigenvalue weighted by atomic mass is 16.4. The second-order valence-corrected chi connectivity index (χ2v) is 5.19. The minimum Gasteiger partial charge on any atom is -0.480 e. The standard InChI is InChI=1S/C15H18N2O4/c1-11(18)8-16(10-14(19)20)6-7-17-9-12-4-2-3-5-13(12)15(17)21/h2-5H,6-10H2,1H3,(H,19,20). The van der Waals surface area contributed by atoms with E-state index < -0.39 is 5.97 Å². The van der Waals surface area contributed by atoms with Crippen molar-refractivity contribution in [1.82, 2.24) is 9.80 Å². The van der Waals surface area contributed by atoms with E-state index in [1.54, 1.807) is 15.9 Å². The molecule has 0 unspecified atom stereocenters. The molecule has 1 heterocycles. The van der Waals surface area contributed by atoms with Gasteiger partial charge in [0, 0.05) is 25.2 Å². The highest BCUT2D eigenvalue weighted by Gasteiger charge is 2.27. The van der Waals surface area contributed by atoms with Gasteiger partial charge in [-0.05, 0) is 18.6 Å². The van der Waals surface area contributed by atoms with Crippen LogP contribution in [0.1, 0.15) is 22.8 Å². The maximum absolute atomic E-state index is 12.2. The maximum Gasteiger partial charge on any atom is 0.317 e.